The van der Waals surface area contributed by atoms with Crippen LogP contribution in [0.5, 0.6) is 0 Å². The maximum absolute atomic E-state index is 11.7. The van der Waals surface area contributed by atoms with E-state index in [2.05, 4.69) is 0 Å². The number of methoxy groups -OCH3 is 1. The first-order valence-corrected chi connectivity index (χ1v) is 6.34. The Hall–Kier alpha value is -0.770. The molecule has 1 aromatic rings. The third-order valence-corrected chi connectivity index (χ3v) is 3.19. The minimum absolute atomic E-state index is 0.0646. The Morgan fingerprint density at radius 3 is 2.11 bits per heavy atom. The van der Waals surface area contributed by atoms with Gasteiger partial charge in [0.1, 0.15) is 0 Å². The zero-order chi connectivity index (χ0) is 13.9. The molecule has 0 aromatic heterocycles. The summed E-state index contributed by atoms with van der Waals surface area (Å²) in [5, 5.41) is 11.1. The van der Waals surface area contributed by atoms with Gasteiger partial charge >= 0.3 is 5.97 Å². The van der Waals surface area contributed by atoms with Crippen LogP contribution in [0.4, 0.5) is 0 Å². The highest BCUT2D eigenvalue weighted by atomic mass is 35.5. The van der Waals surface area contributed by atoms with E-state index in [1.807, 2.05) is 13.8 Å². The van der Waals surface area contributed by atoms with Crippen molar-refractivity contribution >= 4 is 29.2 Å². The molecule has 3 nitrogen and oxygen atoms in total. The molecule has 0 aliphatic carbocycles. The molecule has 0 spiro atoms. The smallest absolute Gasteiger partial charge is 0.311 e. The maximum Gasteiger partial charge on any atom is 0.311 e. The van der Waals surface area contributed by atoms with Gasteiger partial charge in [0.25, 0.3) is 0 Å². The van der Waals surface area contributed by atoms with Crippen LogP contribution in [0.2, 0.25) is 10.0 Å². The van der Waals surface area contributed by atoms with Crippen molar-refractivity contribution in [3.05, 3.63) is 33.8 Å². The first kappa shape index (κ1) is 15.3. The Morgan fingerprint density at radius 1 is 1.22 bits per heavy atom. The van der Waals surface area contributed by atoms with Crippen molar-refractivity contribution in [3.8, 4) is 0 Å². The lowest BCUT2D eigenvalue weighted by Gasteiger charge is -2.24. The fourth-order valence-corrected chi connectivity index (χ4v) is 2.40. The van der Waals surface area contributed by atoms with Crippen LogP contribution in [0.3, 0.4) is 0 Å². The molecule has 18 heavy (non-hydrogen) atoms. The number of hydrogen-bond acceptors (Lipinski definition) is 3. The minimum Gasteiger partial charge on any atom is -0.469 e. The van der Waals surface area contributed by atoms with Crippen molar-refractivity contribution in [2.45, 2.75) is 20.0 Å². The molecule has 0 bridgehead atoms. The van der Waals surface area contributed by atoms with E-state index in [4.69, 9.17) is 27.9 Å². The van der Waals surface area contributed by atoms with Crippen LogP contribution in [0.15, 0.2) is 18.2 Å². The fourth-order valence-electron chi connectivity index (χ4n) is 1.85. The molecule has 0 amide bonds. The molecule has 2 atom stereocenters. The zero-order valence-corrected chi connectivity index (χ0v) is 12.0. The van der Waals surface area contributed by atoms with Crippen LogP contribution < -0.4 is 0 Å². The third-order valence-electron chi connectivity index (χ3n) is 2.76. The quantitative estimate of drug-likeness (QED) is 0.864. The molecule has 5 heteroatoms. The van der Waals surface area contributed by atoms with E-state index in [0.717, 1.165) is 0 Å². The zero-order valence-electron chi connectivity index (χ0n) is 10.5. The molecule has 1 N–H and O–H groups in total. The first-order valence-electron chi connectivity index (χ1n) is 5.58. The highest BCUT2D eigenvalue weighted by molar-refractivity contribution is 6.34. The molecule has 0 heterocycles. The van der Waals surface area contributed by atoms with Gasteiger partial charge in [-0.25, -0.2) is 0 Å². The second kappa shape index (κ2) is 6.41. The molecule has 2 unspecified atom stereocenters. The molecule has 0 radical (unpaired) electrons. The second-order valence-electron chi connectivity index (χ2n) is 4.44. The number of halogens is 2. The predicted molar refractivity (Wildman–Crippen MR) is 71.8 cm³/mol. The van der Waals surface area contributed by atoms with Crippen LogP contribution in [0, 0.1) is 11.8 Å². The van der Waals surface area contributed by atoms with Gasteiger partial charge in [-0.15, -0.1) is 0 Å². The normalized spacial score (nSPS) is 14.4. The average Bonchev–Trinajstić information content (AvgIpc) is 2.26. The summed E-state index contributed by atoms with van der Waals surface area (Å²) in [6, 6.07) is 4.76. The van der Waals surface area contributed by atoms with Gasteiger partial charge in [0.2, 0.25) is 0 Å². The van der Waals surface area contributed by atoms with E-state index in [9.17, 15) is 9.90 Å². The Morgan fingerprint density at radius 2 is 1.72 bits per heavy atom. The minimum atomic E-state index is -0.992. The maximum atomic E-state index is 11.7. The SMILES string of the molecule is COC(=O)C(C(C)C)C(O)c1cc(Cl)cc(Cl)c1. The van der Waals surface area contributed by atoms with Gasteiger partial charge in [-0.3, -0.25) is 4.79 Å². The molecule has 100 valence electrons. The van der Waals surface area contributed by atoms with E-state index in [1.165, 1.54) is 7.11 Å². The van der Waals surface area contributed by atoms with Crippen molar-refractivity contribution in [1.29, 1.82) is 0 Å². The molecule has 1 rings (SSSR count). The Bertz CT molecular complexity index is 412. The standard InChI is InChI=1S/C13H16Cl2O3/c1-7(2)11(13(17)18-3)12(16)8-4-9(14)6-10(15)5-8/h4-7,11-12,16H,1-3H3. The lowest BCUT2D eigenvalue weighted by Crippen LogP contribution is -2.28. The summed E-state index contributed by atoms with van der Waals surface area (Å²) >= 11 is 11.8. The highest BCUT2D eigenvalue weighted by Gasteiger charge is 2.32. The summed E-state index contributed by atoms with van der Waals surface area (Å²) in [5.41, 5.74) is 0.511. The van der Waals surface area contributed by atoms with Gasteiger partial charge < -0.3 is 9.84 Å². The van der Waals surface area contributed by atoms with Crippen LogP contribution in [-0.4, -0.2) is 18.2 Å². The molecule has 0 saturated heterocycles. The predicted octanol–water partition coefficient (Wildman–Crippen LogP) is 3.47. The summed E-state index contributed by atoms with van der Waals surface area (Å²) in [7, 11) is 1.30. The average molecular weight is 291 g/mol. The molecule has 1 aromatic carbocycles. The van der Waals surface area contributed by atoms with E-state index >= 15 is 0 Å². The number of rotatable bonds is 4. The van der Waals surface area contributed by atoms with Crippen molar-refractivity contribution in [2.75, 3.05) is 7.11 Å². The first-order chi connectivity index (χ1) is 8.36. The summed E-state index contributed by atoms with van der Waals surface area (Å²) in [5.74, 6) is -1.16. The van der Waals surface area contributed by atoms with Crippen molar-refractivity contribution < 1.29 is 14.6 Å². The molecule has 0 fully saturated rings. The number of aliphatic hydroxyl groups excluding tert-OH is 1. The fraction of sp³-hybridized carbons (Fsp3) is 0.462. The number of aliphatic hydroxyl groups is 1. The number of esters is 1. The van der Waals surface area contributed by atoms with Crippen molar-refractivity contribution in [2.24, 2.45) is 11.8 Å². The van der Waals surface area contributed by atoms with Crippen LogP contribution in [0.1, 0.15) is 25.5 Å². The monoisotopic (exact) mass is 290 g/mol. The van der Waals surface area contributed by atoms with Gasteiger partial charge in [-0.05, 0) is 29.7 Å². The second-order valence-corrected chi connectivity index (χ2v) is 5.31. The highest BCUT2D eigenvalue weighted by Crippen LogP contribution is 2.32. The number of carbonyl (C=O) groups is 1. The number of carbonyl (C=O) groups excluding carboxylic acids is 1. The van der Waals surface area contributed by atoms with Gasteiger partial charge in [-0.1, -0.05) is 37.0 Å². The molecule has 0 aliphatic rings. The third kappa shape index (κ3) is 3.61. The summed E-state index contributed by atoms with van der Waals surface area (Å²) in [6.45, 7) is 3.69. The van der Waals surface area contributed by atoms with Gasteiger partial charge in [0.15, 0.2) is 0 Å². The van der Waals surface area contributed by atoms with Crippen LogP contribution in [0.25, 0.3) is 0 Å². The number of benzene rings is 1. The lowest BCUT2D eigenvalue weighted by atomic mass is 9.86. The topological polar surface area (TPSA) is 46.5 Å². The molecular weight excluding hydrogens is 275 g/mol. The van der Waals surface area contributed by atoms with Gasteiger partial charge in [-0.2, -0.15) is 0 Å². The van der Waals surface area contributed by atoms with E-state index < -0.39 is 18.0 Å². The van der Waals surface area contributed by atoms with Crippen LogP contribution in [-0.2, 0) is 9.53 Å². The van der Waals surface area contributed by atoms with E-state index in [-0.39, 0.29) is 5.92 Å². The van der Waals surface area contributed by atoms with Gasteiger partial charge in [0, 0.05) is 10.0 Å². The van der Waals surface area contributed by atoms with Crippen LogP contribution >= 0.6 is 23.2 Å². The van der Waals surface area contributed by atoms with Gasteiger partial charge in [0.05, 0.1) is 19.1 Å². The van der Waals surface area contributed by atoms with Crippen molar-refractivity contribution in [1.82, 2.24) is 0 Å². The molecule has 0 saturated carbocycles. The Labute approximate surface area is 117 Å². The number of hydrogen-bond donors (Lipinski definition) is 1. The lowest BCUT2D eigenvalue weighted by molar-refractivity contribution is -0.152. The number of ether oxygens (including phenoxy) is 1. The van der Waals surface area contributed by atoms with Crippen molar-refractivity contribution in [3.63, 3.8) is 0 Å². The van der Waals surface area contributed by atoms with E-state index in [0.29, 0.717) is 15.6 Å². The van der Waals surface area contributed by atoms with E-state index in [1.54, 1.807) is 18.2 Å². The molecule has 0 aliphatic heterocycles. The Balaban J connectivity index is 3.09. The summed E-state index contributed by atoms with van der Waals surface area (Å²) < 4.78 is 4.71. The summed E-state index contributed by atoms with van der Waals surface area (Å²) in [6.07, 6.45) is -0.992. The molecular formula is C13H16Cl2O3. The summed E-state index contributed by atoms with van der Waals surface area (Å²) in [4.78, 5) is 11.7. The Kier molecular flexibility index (Phi) is 5.45. The largest absolute Gasteiger partial charge is 0.469 e.